The molecule has 0 bridgehead atoms. The number of nitrogens with zero attached hydrogens (tertiary/aromatic N) is 1. The van der Waals surface area contributed by atoms with Gasteiger partial charge in [0.25, 0.3) is 0 Å². The van der Waals surface area contributed by atoms with Gasteiger partial charge in [-0.25, -0.2) is 0 Å². The molecule has 1 aromatic rings. The van der Waals surface area contributed by atoms with E-state index in [0.29, 0.717) is 42.5 Å². The fourth-order valence-corrected chi connectivity index (χ4v) is 2.87. The molecule has 1 aliphatic rings. The van der Waals surface area contributed by atoms with Crippen molar-refractivity contribution in [2.24, 2.45) is 5.92 Å². The third-order valence-corrected chi connectivity index (χ3v) is 4.55. The summed E-state index contributed by atoms with van der Waals surface area (Å²) in [5.41, 5.74) is 0.905. The van der Waals surface area contributed by atoms with Gasteiger partial charge in [-0.05, 0) is 25.0 Å². The number of likely N-dealkylation sites (tertiary alicyclic amines) is 1. The number of carbonyl (C=O) groups excluding carboxylic acids is 2. The smallest absolute Gasteiger partial charge is 0.225 e. The van der Waals surface area contributed by atoms with Crippen LogP contribution in [-0.4, -0.2) is 36.3 Å². The minimum atomic E-state index is -0.243. The number of carbonyl (C=O) groups is 2. The van der Waals surface area contributed by atoms with E-state index in [0.717, 1.165) is 5.56 Å². The molecule has 1 aromatic carbocycles. The van der Waals surface area contributed by atoms with E-state index in [9.17, 15) is 9.59 Å². The summed E-state index contributed by atoms with van der Waals surface area (Å²) in [6.45, 7) is 3.56. The third-order valence-electron chi connectivity index (χ3n) is 3.69. The summed E-state index contributed by atoms with van der Waals surface area (Å²) in [6.07, 6.45) is 0.918. The average Bonchev–Trinajstić information content (AvgIpc) is 2.84. The Labute approximate surface area is 134 Å². The highest BCUT2D eigenvalue weighted by molar-refractivity contribution is 6.42. The van der Waals surface area contributed by atoms with Gasteiger partial charge in [0, 0.05) is 26.1 Å². The number of hydrogen-bond donors (Lipinski definition) is 1. The molecule has 2 amide bonds. The summed E-state index contributed by atoms with van der Waals surface area (Å²) in [7, 11) is 0. The van der Waals surface area contributed by atoms with E-state index >= 15 is 0 Å². The Morgan fingerprint density at radius 2 is 2.19 bits per heavy atom. The first-order valence-electron chi connectivity index (χ1n) is 7.01. The Kier molecular flexibility index (Phi) is 5.48. The second-order valence-corrected chi connectivity index (χ2v) is 5.87. The van der Waals surface area contributed by atoms with E-state index in [1.54, 1.807) is 11.0 Å². The summed E-state index contributed by atoms with van der Waals surface area (Å²) >= 11 is 12.0. The van der Waals surface area contributed by atoms with Crippen LogP contribution in [0.5, 0.6) is 0 Å². The minimum Gasteiger partial charge on any atom is -0.355 e. The SMILES string of the molecule is CCN1C[C@@H](C(=O)NCCc2cccc(Cl)c2Cl)CC1=O. The number of nitrogens with one attached hydrogen (secondary N) is 1. The van der Waals surface area contributed by atoms with E-state index in [1.807, 2.05) is 19.1 Å². The Hall–Kier alpha value is -1.26. The summed E-state index contributed by atoms with van der Waals surface area (Å²) in [6, 6.07) is 5.45. The lowest BCUT2D eigenvalue weighted by Crippen LogP contribution is -2.34. The zero-order chi connectivity index (χ0) is 15.4. The zero-order valence-electron chi connectivity index (χ0n) is 11.9. The first-order chi connectivity index (χ1) is 10.0. The summed E-state index contributed by atoms with van der Waals surface area (Å²) < 4.78 is 0. The van der Waals surface area contributed by atoms with Gasteiger partial charge < -0.3 is 10.2 Å². The highest BCUT2D eigenvalue weighted by Gasteiger charge is 2.32. The van der Waals surface area contributed by atoms with Gasteiger partial charge in [-0.15, -0.1) is 0 Å². The molecule has 1 aliphatic heterocycles. The molecular weight excluding hydrogens is 311 g/mol. The minimum absolute atomic E-state index is 0.0514. The van der Waals surface area contributed by atoms with Gasteiger partial charge >= 0.3 is 0 Å². The van der Waals surface area contributed by atoms with Crippen molar-refractivity contribution in [3.63, 3.8) is 0 Å². The Balaban J connectivity index is 1.82. The number of halogens is 2. The van der Waals surface area contributed by atoms with Gasteiger partial charge in [0.2, 0.25) is 11.8 Å². The van der Waals surface area contributed by atoms with Crippen LogP contribution in [0.3, 0.4) is 0 Å². The summed E-state index contributed by atoms with van der Waals surface area (Å²) in [5, 5.41) is 3.91. The van der Waals surface area contributed by atoms with E-state index in [4.69, 9.17) is 23.2 Å². The first-order valence-corrected chi connectivity index (χ1v) is 7.77. The zero-order valence-corrected chi connectivity index (χ0v) is 13.4. The third kappa shape index (κ3) is 3.89. The maximum Gasteiger partial charge on any atom is 0.225 e. The lowest BCUT2D eigenvalue weighted by atomic mass is 10.1. The lowest BCUT2D eigenvalue weighted by Gasteiger charge is -2.14. The molecule has 0 aliphatic carbocycles. The second-order valence-electron chi connectivity index (χ2n) is 5.09. The molecule has 0 radical (unpaired) electrons. The van der Waals surface area contributed by atoms with Crippen molar-refractivity contribution in [2.75, 3.05) is 19.6 Å². The molecule has 0 spiro atoms. The van der Waals surface area contributed by atoms with Crippen molar-refractivity contribution in [3.05, 3.63) is 33.8 Å². The Morgan fingerprint density at radius 3 is 2.86 bits per heavy atom. The summed E-state index contributed by atoms with van der Waals surface area (Å²) in [4.78, 5) is 25.4. The highest BCUT2D eigenvalue weighted by atomic mass is 35.5. The van der Waals surface area contributed by atoms with Gasteiger partial charge in [0.15, 0.2) is 0 Å². The normalized spacial score (nSPS) is 18.1. The van der Waals surface area contributed by atoms with Crippen LogP contribution in [0.4, 0.5) is 0 Å². The van der Waals surface area contributed by atoms with Gasteiger partial charge in [-0.1, -0.05) is 35.3 Å². The van der Waals surface area contributed by atoms with E-state index < -0.39 is 0 Å². The topological polar surface area (TPSA) is 49.4 Å². The quantitative estimate of drug-likeness (QED) is 0.902. The van der Waals surface area contributed by atoms with Gasteiger partial charge in [-0.2, -0.15) is 0 Å². The Bertz CT molecular complexity index is 548. The molecule has 1 N–H and O–H groups in total. The van der Waals surface area contributed by atoms with Crippen LogP contribution in [0.15, 0.2) is 18.2 Å². The second kappa shape index (κ2) is 7.14. The van der Waals surface area contributed by atoms with Crippen LogP contribution in [0.2, 0.25) is 10.0 Å². The molecule has 1 atom stereocenters. The molecule has 1 saturated heterocycles. The Morgan fingerprint density at radius 1 is 1.43 bits per heavy atom. The largest absolute Gasteiger partial charge is 0.355 e. The molecule has 21 heavy (non-hydrogen) atoms. The lowest BCUT2D eigenvalue weighted by molar-refractivity contribution is -0.128. The molecule has 6 heteroatoms. The van der Waals surface area contributed by atoms with E-state index in [2.05, 4.69) is 5.32 Å². The van der Waals surface area contributed by atoms with Gasteiger partial charge in [-0.3, -0.25) is 9.59 Å². The molecule has 1 fully saturated rings. The molecule has 4 nitrogen and oxygen atoms in total. The highest BCUT2D eigenvalue weighted by Crippen LogP contribution is 2.25. The number of benzene rings is 1. The number of rotatable bonds is 5. The molecule has 0 saturated carbocycles. The van der Waals surface area contributed by atoms with Crippen LogP contribution >= 0.6 is 23.2 Å². The average molecular weight is 329 g/mol. The van der Waals surface area contributed by atoms with Crippen molar-refractivity contribution < 1.29 is 9.59 Å². The van der Waals surface area contributed by atoms with E-state index in [-0.39, 0.29) is 17.7 Å². The molecular formula is C15H18Cl2N2O2. The van der Waals surface area contributed by atoms with Gasteiger partial charge in [0.05, 0.1) is 16.0 Å². The van der Waals surface area contributed by atoms with Crippen molar-refractivity contribution in [1.82, 2.24) is 10.2 Å². The maximum absolute atomic E-state index is 12.0. The molecule has 114 valence electrons. The predicted molar refractivity (Wildman–Crippen MR) is 83.5 cm³/mol. The van der Waals surface area contributed by atoms with Crippen LogP contribution in [-0.2, 0) is 16.0 Å². The first kappa shape index (κ1) is 16.1. The van der Waals surface area contributed by atoms with Crippen LogP contribution in [0, 0.1) is 5.92 Å². The van der Waals surface area contributed by atoms with E-state index in [1.165, 1.54) is 0 Å². The van der Waals surface area contributed by atoms with Crippen molar-refractivity contribution in [2.45, 2.75) is 19.8 Å². The molecule has 0 aromatic heterocycles. The number of amides is 2. The molecule has 1 heterocycles. The van der Waals surface area contributed by atoms with Crippen molar-refractivity contribution in [3.8, 4) is 0 Å². The monoisotopic (exact) mass is 328 g/mol. The molecule has 2 rings (SSSR count). The van der Waals surface area contributed by atoms with Crippen LogP contribution in [0.1, 0.15) is 18.9 Å². The standard InChI is InChI=1S/C15H18Cl2N2O2/c1-2-19-9-11(8-13(19)20)15(21)18-7-6-10-4-3-5-12(16)14(10)17/h3-5,11H,2,6-9H2,1H3,(H,18,21)/t11-/m0/s1. The summed E-state index contributed by atoms with van der Waals surface area (Å²) in [5.74, 6) is -0.264. The van der Waals surface area contributed by atoms with Crippen molar-refractivity contribution in [1.29, 1.82) is 0 Å². The predicted octanol–water partition coefficient (Wildman–Crippen LogP) is 2.52. The number of hydrogen-bond acceptors (Lipinski definition) is 2. The van der Waals surface area contributed by atoms with Crippen molar-refractivity contribution >= 4 is 35.0 Å². The maximum atomic E-state index is 12.0. The fraction of sp³-hybridized carbons (Fsp3) is 0.467. The van der Waals surface area contributed by atoms with Crippen LogP contribution in [0.25, 0.3) is 0 Å². The van der Waals surface area contributed by atoms with Gasteiger partial charge in [0.1, 0.15) is 0 Å². The van der Waals surface area contributed by atoms with Crippen LogP contribution < -0.4 is 5.32 Å². The fourth-order valence-electron chi connectivity index (χ4n) is 2.46. The molecule has 0 unspecified atom stereocenters.